The molecule has 0 spiro atoms. The average Bonchev–Trinajstić information content (AvgIpc) is 3.62. The van der Waals surface area contributed by atoms with Crippen LogP contribution in [0.4, 0.5) is 24.5 Å². The monoisotopic (exact) mass is 789 g/mol. The summed E-state index contributed by atoms with van der Waals surface area (Å²) in [6, 6.07) is 22.2. The molecule has 11 heteroatoms. The zero-order valence-corrected chi connectivity index (χ0v) is 33.7. The number of hydrogen-bond acceptors (Lipinski definition) is 6. The van der Waals surface area contributed by atoms with E-state index in [1.165, 1.54) is 16.8 Å². The first-order valence-corrected chi connectivity index (χ1v) is 20.9. The normalized spacial score (nSPS) is 19.8. The summed E-state index contributed by atoms with van der Waals surface area (Å²) in [6.07, 6.45) is 1.90. The summed E-state index contributed by atoms with van der Waals surface area (Å²) >= 11 is 0. The molecule has 1 unspecified atom stereocenters. The second-order valence-corrected chi connectivity index (χ2v) is 16.5. The average molecular weight is 790 g/mol. The maximum absolute atomic E-state index is 13.9. The van der Waals surface area contributed by atoms with Crippen LogP contribution >= 0.6 is 0 Å². The van der Waals surface area contributed by atoms with Gasteiger partial charge in [-0.2, -0.15) is 18.3 Å². The van der Waals surface area contributed by atoms with E-state index in [0.29, 0.717) is 37.3 Å². The topological polar surface area (TPSA) is 70.7 Å². The molecule has 8 nitrogen and oxygen atoms in total. The second kappa shape index (κ2) is 16.9. The number of carbonyl (C=O) groups is 1. The van der Waals surface area contributed by atoms with Gasteiger partial charge in [0.15, 0.2) is 0 Å². The van der Waals surface area contributed by atoms with Gasteiger partial charge in [0.25, 0.3) is 0 Å². The van der Waals surface area contributed by atoms with Gasteiger partial charge < -0.3 is 20.0 Å². The fraction of sp³-hybridized carbons (Fsp3) is 0.447. The van der Waals surface area contributed by atoms with Crippen LogP contribution in [0, 0.1) is 24.8 Å². The largest absolute Gasteiger partial charge is 0.392 e. The fourth-order valence-corrected chi connectivity index (χ4v) is 9.61. The lowest BCUT2D eigenvalue weighted by molar-refractivity contribution is -0.127. The standard InChI is InChI=1S/C47H54F3N7O/c1-4-20-57(44-16-17-45(58)52-33(44)3)31-37-27-39(11-8-32(37)2)56-25-23-54(24-26-56)30-34-18-21-55(22-19-34)38-12-9-35(10-13-38)46-36(28-47(48,49)50)6-5-7-40-41(46)14-15-43-42(40)29-51-53-43/h8-15,27,29,34,44H,3,5-7,16-19,21-26,28,30-31H2,1-2H3,(H,51,53)(H,52,58). The van der Waals surface area contributed by atoms with Gasteiger partial charge in [-0.1, -0.05) is 42.3 Å². The van der Waals surface area contributed by atoms with E-state index in [9.17, 15) is 18.0 Å². The predicted molar refractivity (Wildman–Crippen MR) is 226 cm³/mol. The Bertz CT molecular complexity index is 2230. The number of halogens is 3. The molecule has 4 aromatic rings. The molecule has 3 aliphatic heterocycles. The number of carbonyl (C=O) groups excluding carboxylic acids is 1. The van der Waals surface area contributed by atoms with E-state index in [0.717, 1.165) is 116 Å². The summed E-state index contributed by atoms with van der Waals surface area (Å²) in [6.45, 7) is 15.9. The Morgan fingerprint density at radius 2 is 1.66 bits per heavy atom. The second-order valence-electron chi connectivity index (χ2n) is 16.5. The molecule has 4 aliphatic rings. The zero-order chi connectivity index (χ0) is 40.4. The first-order valence-electron chi connectivity index (χ1n) is 20.9. The summed E-state index contributed by atoms with van der Waals surface area (Å²) < 4.78 is 41.7. The van der Waals surface area contributed by atoms with Gasteiger partial charge in [-0.05, 0) is 122 Å². The molecule has 58 heavy (non-hydrogen) atoms. The van der Waals surface area contributed by atoms with Crippen molar-refractivity contribution in [1.29, 1.82) is 0 Å². The lowest BCUT2D eigenvalue weighted by atomic mass is 9.88. The Hall–Kier alpha value is -5.21. The van der Waals surface area contributed by atoms with Gasteiger partial charge in [0.1, 0.15) is 0 Å². The van der Waals surface area contributed by atoms with Gasteiger partial charge in [0.05, 0.1) is 30.7 Å². The highest BCUT2D eigenvalue weighted by atomic mass is 19.4. The molecule has 1 aromatic heterocycles. The molecule has 1 atom stereocenters. The molecule has 3 aromatic carbocycles. The number of aromatic amines is 1. The molecule has 0 bridgehead atoms. The minimum atomic E-state index is -4.27. The molecule has 0 saturated carbocycles. The van der Waals surface area contributed by atoms with Gasteiger partial charge in [0.2, 0.25) is 5.91 Å². The van der Waals surface area contributed by atoms with Crippen molar-refractivity contribution in [2.75, 3.05) is 55.6 Å². The number of nitrogens with zero attached hydrogens (tertiary/aromatic N) is 5. The van der Waals surface area contributed by atoms with E-state index in [4.69, 9.17) is 0 Å². The number of benzene rings is 3. The smallest absolute Gasteiger partial charge is 0.372 e. The first kappa shape index (κ1) is 39.6. The highest BCUT2D eigenvalue weighted by molar-refractivity contribution is 5.93. The van der Waals surface area contributed by atoms with E-state index in [2.05, 4.69) is 90.9 Å². The molecular weight excluding hydrogens is 736 g/mol. The third-order valence-electron chi connectivity index (χ3n) is 12.7. The highest BCUT2D eigenvalue weighted by Gasteiger charge is 2.33. The predicted octanol–water partition coefficient (Wildman–Crippen LogP) is 8.58. The maximum atomic E-state index is 13.9. The molecule has 2 N–H and O–H groups in total. The summed E-state index contributed by atoms with van der Waals surface area (Å²) in [5, 5.41) is 11.1. The van der Waals surface area contributed by atoms with E-state index in [1.54, 1.807) is 6.20 Å². The van der Waals surface area contributed by atoms with E-state index in [1.807, 2.05) is 31.2 Å². The number of fused-ring (bicyclic) bond motifs is 3. The summed E-state index contributed by atoms with van der Waals surface area (Å²) in [4.78, 5) is 21.6. The number of rotatable bonds is 9. The first-order chi connectivity index (χ1) is 28.0. The van der Waals surface area contributed by atoms with E-state index in [-0.39, 0.29) is 11.9 Å². The SMILES string of the molecule is C=C1NC(=O)CCC1N(C#CC)Cc1cc(N2CCN(CC3CCN(c4ccc(C5=C(CC(F)(F)F)CCCc6c5ccc5[nH]ncc65)cc4)CC3)CC2)ccc1C. The summed E-state index contributed by atoms with van der Waals surface area (Å²) in [5.41, 5.74) is 10.5. The van der Waals surface area contributed by atoms with Crippen LogP contribution in [0.1, 0.15) is 79.7 Å². The fourth-order valence-electron chi connectivity index (χ4n) is 9.61. The number of nitrogens with one attached hydrogen (secondary N) is 2. The highest BCUT2D eigenvalue weighted by Crippen LogP contribution is 2.42. The Balaban J connectivity index is 0.865. The van der Waals surface area contributed by atoms with Gasteiger partial charge >= 0.3 is 6.18 Å². The van der Waals surface area contributed by atoms with Crippen molar-refractivity contribution >= 4 is 33.8 Å². The van der Waals surface area contributed by atoms with Crippen LogP contribution in [-0.4, -0.2) is 83.9 Å². The Kier molecular flexibility index (Phi) is 11.6. The zero-order valence-electron chi connectivity index (χ0n) is 33.7. The summed E-state index contributed by atoms with van der Waals surface area (Å²) in [5.74, 6) is 3.72. The molecule has 8 rings (SSSR count). The van der Waals surface area contributed by atoms with Crippen LogP contribution in [-0.2, 0) is 17.8 Å². The van der Waals surface area contributed by atoms with Crippen molar-refractivity contribution < 1.29 is 18.0 Å². The number of aromatic nitrogens is 2. The van der Waals surface area contributed by atoms with Crippen molar-refractivity contribution in [1.82, 2.24) is 25.3 Å². The Morgan fingerprint density at radius 1 is 0.914 bits per heavy atom. The molecular formula is C47H54F3N7O. The van der Waals surface area contributed by atoms with Crippen LogP contribution in [0.25, 0.3) is 16.5 Å². The lowest BCUT2D eigenvalue weighted by Crippen LogP contribution is -2.49. The van der Waals surface area contributed by atoms with Gasteiger partial charge in [-0.3, -0.25) is 14.8 Å². The molecule has 4 heterocycles. The van der Waals surface area contributed by atoms with Crippen LogP contribution in [0.15, 0.2) is 78.6 Å². The van der Waals surface area contributed by atoms with E-state index < -0.39 is 12.6 Å². The van der Waals surface area contributed by atoms with Crippen molar-refractivity contribution in [2.24, 2.45) is 5.92 Å². The molecule has 1 aliphatic carbocycles. The number of allylic oxidation sites excluding steroid dienone is 1. The van der Waals surface area contributed by atoms with Crippen molar-refractivity contribution in [3.05, 3.63) is 106 Å². The molecule has 3 saturated heterocycles. The Morgan fingerprint density at radius 3 is 2.38 bits per heavy atom. The van der Waals surface area contributed by atoms with E-state index >= 15 is 0 Å². The number of piperidine rings is 2. The Labute approximate surface area is 340 Å². The van der Waals surface area contributed by atoms with Gasteiger partial charge in [0, 0.05) is 80.7 Å². The van der Waals surface area contributed by atoms with Gasteiger partial charge in [-0.25, -0.2) is 0 Å². The maximum Gasteiger partial charge on any atom is 0.392 e. The molecule has 3 fully saturated rings. The number of amides is 1. The van der Waals surface area contributed by atoms with Crippen LogP contribution in [0.2, 0.25) is 0 Å². The molecule has 1 amide bonds. The van der Waals surface area contributed by atoms with Crippen LogP contribution in [0.3, 0.4) is 0 Å². The number of alkyl halides is 3. The summed E-state index contributed by atoms with van der Waals surface area (Å²) in [7, 11) is 0. The minimum Gasteiger partial charge on any atom is -0.372 e. The number of H-pyrrole nitrogens is 1. The molecule has 304 valence electrons. The number of piperazine rings is 1. The number of anilines is 2. The lowest BCUT2D eigenvalue weighted by Gasteiger charge is -2.40. The third kappa shape index (κ3) is 8.77. The quantitative estimate of drug-likeness (QED) is 0.131. The van der Waals surface area contributed by atoms with Crippen LogP contribution in [0.5, 0.6) is 0 Å². The van der Waals surface area contributed by atoms with Crippen molar-refractivity contribution in [2.45, 2.75) is 84.0 Å². The van der Waals surface area contributed by atoms with Crippen LogP contribution < -0.4 is 15.1 Å². The van der Waals surface area contributed by atoms with Crippen molar-refractivity contribution in [3.63, 3.8) is 0 Å². The van der Waals surface area contributed by atoms with Crippen molar-refractivity contribution in [3.8, 4) is 12.0 Å². The molecule has 0 radical (unpaired) electrons. The minimum absolute atomic E-state index is 0.00465. The van der Waals surface area contributed by atoms with Gasteiger partial charge in [-0.15, -0.1) is 0 Å². The third-order valence-corrected chi connectivity index (χ3v) is 12.7. The number of hydrogen-bond donors (Lipinski definition) is 2. The number of aryl methyl sites for hydroxylation is 2.